The number of halogens is 1. The van der Waals surface area contributed by atoms with E-state index >= 15 is 0 Å². The third kappa shape index (κ3) is 3.92. The van der Waals surface area contributed by atoms with Crippen LogP contribution in [-0.4, -0.2) is 23.6 Å². The van der Waals surface area contributed by atoms with Gasteiger partial charge in [0.15, 0.2) is 0 Å². The fourth-order valence-electron chi connectivity index (χ4n) is 2.17. The number of benzene rings is 1. The zero-order valence-corrected chi connectivity index (χ0v) is 11.8. The largest absolute Gasteiger partial charge is 0.469 e. The van der Waals surface area contributed by atoms with Gasteiger partial charge in [0, 0.05) is 18.7 Å². The molecule has 1 unspecified atom stereocenters. The molecule has 0 saturated carbocycles. The van der Waals surface area contributed by atoms with E-state index in [1.54, 1.807) is 18.4 Å². The summed E-state index contributed by atoms with van der Waals surface area (Å²) in [5.74, 6) is 0.603. The molecule has 108 valence electrons. The first-order valence-electron chi connectivity index (χ1n) is 6.71. The van der Waals surface area contributed by atoms with Crippen LogP contribution in [0.25, 0.3) is 0 Å². The van der Waals surface area contributed by atoms with E-state index in [1.165, 1.54) is 12.1 Å². The summed E-state index contributed by atoms with van der Waals surface area (Å²) < 4.78 is 18.3. The molecule has 0 fully saturated rings. The third-order valence-corrected chi connectivity index (χ3v) is 3.42. The average molecular weight is 277 g/mol. The summed E-state index contributed by atoms with van der Waals surface area (Å²) in [6, 6.07) is 8.07. The molecule has 1 N–H and O–H groups in total. The van der Waals surface area contributed by atoms with Crippen LogP contribution in [0.5, 0.6) is 0 Å². The molecular formula is C16H20FNO2. The van der Waals surface area contributed by atoms with Crippen LogP contribution in [0.3, 0.4) is 0 Å². The smallest absolute Gasteiger partial charge is 0.123 e. The Morgan fingerprint density at radius 3 is 2.80 bits per heavy atom. The maximum absolute atomic E-state index is 13.1. The molecule has 1 aromatic carbocycles. The van der Waals surface area contributed by atoms with Gasteiger partial charge in [-0.2, -0.15) is 0 Å². The average Bonchev–Trinajstić information content (AvgIpc) is 2.81. The lowest BCUT2D eigenvalue weighted by Crippen LogP contribution is -2.21. The van der Waals surface area contributed by atoms with Crippen LogP contribution in [0.2, 0.25) is 0 Å². The molecule has 1 aromatic heterocycles. The Balaban J connectivity index is 1.84. The summed E-state index contributed by atoms with van der Waals surface area (Å²) in [6.07, 6.45) is 1.61. The van der Waals surface area contributed by atoms with Crippen molar-refractivity contribution in [2.24, 2.45) is 0 Å². The first-order valence-corrected chi connectivity index (χ1v) is 6.71. The number of nitrogens with zero attached hydrogens (tertiary/aromatic N) is 1. The van der Waals surface area contributed by atoms with E-state index < -0.39 is 6.10 Å². The van der Waals surface area contributed by atoms with E-state index in [2.05, 4.69) is 4.90 Å². The second-order valence-electron chi connectivity index (χ2n) is 5.10. The van der Waals surface area contributed by atoms with Gasteiger partial charge in [0.25, 0.3) is 0 Å². The van der Waals surface area contributed by atoms with E-state index in [0.29, 0.717) is 12.0 Å². The number of hydrogen-bond acceptors (Lipinski definition) is 3. The van der Waals surface area contributed by atoms with Crippen molar-refractivity contribution in [1.29, 1.82) is 0 Å². The number of hydrogen-bond donors (Lipinski definition) is 1. The number of furan rings is 1. The molecule has 0 bridgehead atoms. The maximum Gasteiger partial charge on any atom is 0.123 e. The zero-order chi connectivity index (χ0) is 14.5. The van der Waals surface area contributed by atoms with Gasteiger partial charge in [0.05, 0.1) is 12.4 Å². The van der Waals surface area contributed by atoms with E-state index in [1.807, 2.05) is 20.0 Å². The van der Waals surface area contributed by atoms with Crippen molar-refractivity contribution in [3.63, 3.8) is 0 Å². The highest BCUT2D eigenvalue weighted by Crippen LogP contribution is 2.18. The second-order valence-corrected chi connectivity index (χ2v) is 5.10. The van der Waals surface area contributed by atoms with Gasteiger partial charge in [-0.3, -0.25) is 0 Å². The lowest BCUT2D eigenvalue weighted by Gasteiger charge is -2.18. The molecule has 3 nitrogen and oxygen atoms in total. The predicted molar refractivity (Wildman–Crippen MR) is 75.8 cm³/mol. The molecule has 0 radical (unpaired) electrons. The Kier molecular flexibility index (Phi) is 4.93. The van der Waals surface area contributed by atoms with Gasteiger partial charge in [-0.1, -0.05) is 12.1 Å². The standard InChI is InChI=1S/C16H20FNO2/c1-12-14(7-9-20-12)11-18(2)8-6-16(19)13-4-3-5-15(17)10-13/h3-5,7,9-10,16,19H,6,8,11H2,1-2H3. The maximum atomic E-state index is 13.1. The molecule has 2 aromatic rings. The summed E-state index contributed by atoms with van der Waals surface area (Å²) in [6.45, 7) is 3.44. The van der Waals surface area contributed by atoms with Crippen LogP contribution in [0.1, 0.15) is 29.4 Å². The SMILES string of the molecule is Cc1occc1CN(C)CCC(O)c1cccc(F)c1. The Hall–Kier alpha value is -1.65. The zero-order valence-electron chi connectivity index (χ0n) is 11.8. The Morgan fingerprint density at radius 1 is 1.35 bits per heavy atom. The lowest BCUT2D eigenvalue weighted by molar-refractivity contribution is 0.147. The third-order valence-electron chi connectivity index (χ3n) is 3.42. The summed E-state index contributed by atoms with van der Waals surface area (Å²) >= 11 is 0. The minimum atomic E-state index is -0.640. The van der Waals surface area contributed by atoms with Crippen molar-refractivity contribution in [2.75, 3.05) is 13.6 Å². The predicted octanol–water partition coefficient (Wildman–Crippen LogP) is 3.28. The van der Waals surface area contributed by atoms with Gasteiger partial charge in [-0.15, -0.1) is 0 Å². The second kappa shape index (κ2) is 6.68. The van der Waals surface area contributed by atoms with Gasteiger partial charge >= 0.3 is 0 Å². The highest BCUT2D eigenvalue weighted by Gasteiger charge is 2.11. The van der Waals surface area contributed by atoms with E-state index in [0.717, 1.165) is 24.4 Å². The van der Waals surface area contributed by atoms with Crippen LogP contribution < -0.4 is 0 Å². The minimum Gasteiger partial charge on any atom is -0.469 e. The van der Waals surface area contributed by atoms with Crippen molar-refractivity contribution in [2.45, 2.75) is 26.0 Å². The molecule has 2 rings (SSSR count). The van der Waals surface area contributed by atoms with Crippen LogP contribution in [0.4, 0.5) is 4.39 Å². The van der Waals surface area contributed by atoms with E-state index in [-0.39, 0.29) is 5.82 Å². The normalized spacial score (nSPS) is 12.8. The molecule has 0 aliphatic carbocycles. The summed E-state index contributed by atoms with van der Waals surface area (Å²) in [4.78, 5) is 2.11. The van der Waals surface area contributed by atoms with Crippen molar-refractivity contribution in [3.05, 3.63) is 59.3 Å². The van der Waals surface area contributed by atoms with Crippen LogP contribution >= 0.6 is 0 Å². The molecule has 0 saturated heterocycles. The van der Waals surface area contributed by atoms with Gasteiger partial charge in [-0.05, 0) is 44.2 Å². The van der Waals surface area contributed by atoms with Crippen molar-refractivity contribution < 1.29 is 13.9 Å². The monoisotopic (exact) mass is 277 g/mol. The van der Waals surface area contributed by atoms with E-state index in [9.17, 15) is 9.50 Å². The van der Waals surface area contributed by atoms with Crippen LogP contribution in [0, 0.1) is 12.7 Å². The van der Waals surface area contributed by atoms with Gasteiger partial charge in [-0.25, -0.2) is 4.39 Å². The highest BCUT2D eigenvalue weighted by atomic mass is 19.1. The summed E-state index contributed by atoms with van der Waals surface area (Å²) in [5, 5.41) is 10.1. The number of rotatable bonds is 6. The Labute approximate surface area is 118 Å². The summed E-state index contributed by atoms with van der Waals surface area (Å²) in [7, 11) is 1.99. The number of aliphatic hydroxyl groups is 1. The van der Waals surface area contributed by atoms with Crippen LogP contribution in [0.15, 0.2) is 41.0 Å². The first-order chi connectivity index (χ1) is 9.56. The Morgan fingerprint density at radius 2 is 2.15 bits per heavy atom. The van der Waals surface area contributed by atoms with Crippen molar-refractivity contribution in [1.82, 2.24) is 4.90 Å². The summed E-state index contributed by atoms with van der Waals surface area (Å²) in [5.41, 5.74) is 1.77. The molecule has 1 atom stereocenters. The van der Waals surface area contributed by atoms with E-state index in [4.69, 9.17) is 4.42 Å². The highest BCUT2D eigenvalue weighted by molar-refractivity contribution is 5.19. The molecule has 0 aliphatic heterocycles. The minimum absolute atomic E-state index is 0.316. The fraction of sp³-hybridized carbons (Fsp3) is 0.375. The quantitative estimate of drug-likeness (QED) is 0.880. The van der Waals surface area contributed by atoms with Crippen molar-refractivity contribution in [3.8, 4) is 0 Å². The first kappa shape index (κ1) is 14.8. The molecule has 20 heavy (non-hydrogen) atoms. The molecule has 4 heteroatoms. The number of aliphatic hydroxyl groups excluding tert-OH is 1. The molecular weight excluding hydrogens is 257 g/mol. The molecule has 1 heterocycles. The van der Waals surface area contributed by atoms with Gasteiger partial charge in [0.1, 0.15) is 11.6 Å². The number of aryl methyl sites for hydroxylation is 1. The van der Waals surface area contributed by atoms with Crippen molar-refractivity contribution >= 4 is 0 Å². The van der Waals surface area contributed by atoms with Gasteiger partial charge in [0.2, 0.25) is 0 Å². The van der Waals surface area contributed by atoms with Gasteiger partial charge < -0.3 is 14.4 Å². The molecule has 0 aliphatic rings. The molecule has 0 spiro atoms. The Bertz CT molecular complexity index is 553. The fourth-order valence-corrected chi connectivity index (χ4v) is 2.17. The topological polar surface area (TPSA) is 36.6 Å². The lowest BCUT2D eigenvalue weighted by atomic mass is 10.1. The van der Waals surface area contributed by atoms with Crippen LogP contribution in [-0.2, 0) is 6.54 Å². The molecule has 0 amide bonds.